The number of anilines is 2. The number of aryl methyl sites for hydroxylation is 1. The van der Waals surface area contributed by atoms with Gasteiger partial charge in [-0.1, -0.05) is 12.1 Å². The van der Waals surface area contributed by atoms with Crippen molar-refractivity contribution in [1.29, 1.82) is 0 Å². The van der Waals surface area contributed by atoms with Gasteiger partial charge in [0.25, 0.3) is 5.91 Å². The number of benzene rings is 2. The molecule has 2 aromatic carbocycles. The molecule has 318 valence electrons. The van der Waals surface area contributed by atoms with Crippen LogP contribution in [0.15, 0.2) is 48.7 Å². The molecule has 2 aliphatic rings. The first kappa shape index (κ1) is 45.1. The minimum atomic E-state index is -0.485. The molecular formula is C45H65N5O8. The zero-order chi connectivity index (χ0) is 41.4. The van der Waals surface area contributed by atoms with Crippen LogP contribution in [0.2, 0.25) is 0 Å². The molecule has 13 nitrogen and oxygen atoms in total. The Hall–Kier alpha value is -3.98. The standard InChI is InChI=1S/C45H65N5O8/c1-44(2,3)57-41(51)18-23-54-25-27-56-29-28-55-26-24-53-22-11-13-34-12-10-14-35(30-34)43(52)48-40-16-15-37(49-19-8-7-9-20-49)31-38(40)42-46-32-36-33-50(58-45(4,5)6)21-17-39(36)47-42/h10,12,14-16,30-32H,7-9,11,13,17-29,33H2,1-6H3,(H,48,52). The molecule has 0 atom stereocenters. The van der Waals surface area contributed by atoms with Crippen LogP contribution in [-0.4, -0.2) is 111 Å². The predicted octanol–water partition coefficient (Wildman–Crippen LogP) is 7.21. The Labute approximate surface area is 345 Å². The molecule has 0 spiro atoms. The van der Waals surface area contributed by atoms with Crippen LogP contribution in [0.1, 0.15) is 101 Å². The van der Waals surface area contributed by atoms with Gasteiger partial charge in [0, 0.05) is 61.2 Å². The zero-order valence-corrected chi connectivity index (χ0v) is 35.6. The largest absolute Gasteiger partial charge is 0.460 e. The van der Waals surface area contributed by atoms with E-state index in [-0.39, 0.29) is 23.9 Å². The molecule has 13 heteroatoms. The number of hydrogen-bond donors (Lipinski definition) is 1. The lowest BCUT2D eigenvalue weighted by atomic mass is 10.0. The van der Waals surface area contributed by atoms with Gasteiger partial charge in [-0.3, -0.25) is 14.4 Å². The van der Waals surface area contributed by atoms with Gasteiger partial charge in [0.1, 0.15) is 5.60 Å². The van der Waals surface area contributed by atoms with Crippen molar-refractivity contribution in [2.24, 2.45) is 0 Å². The highest BCUT2D eigenvalue weighted by atomic mass is 16.7. The SMILES string of the molecule is CC(C)(C)OC(=O)CCOCCOCCOCCOCCCc1cccc(C(=O)Nc2ccc(N3CCCCC3)cc2-c2ncc3c(n2)CCN(OC(C)(C)C)C3)c1. The Balaban J connectivity index is 1.05. The molecular weight excluding hydrogens is 739 g/mol. The predicted molar refractivity (Wildman–Crippen MR) is 225 cm³/mol. The van der Waals surface area contributed by atoms with Crippen molar-refractivity contribution in [1.82, 2.24) is 15.0 Å². The summed E-state index contributed by atoms with van der Waals surface area (Å²) >= 11 is 0. The Morgan fingerprint density at radius 1 is 0.776 bits per heavy atom. The van der Waals surface area contributed by atoms with E-state index in [4.69, 9.17) is 38.5 Å². The molecule has 3 aromatic rings. The third kappa shape index (κ3) is 15.6. The van der Waals surface area contributed by atoms with Crippen LogP contribution in [0.5, 0.6) is 0 Å². The molecule has 1 saturated heterocycles. The molecule has 58 heavy (non-hydrogen) atoms. The first-order valence-corrected chi connectivity index (χ1v) is 20.9. The normalized spacial score (nSPS) is 15.0. The number of aromatic nitrogens is 2. The summed E-state index contributed by atoms with van der Waals surface area (Å²) in [4.78, 5) is 43.8. The second-order valence-electron chi connectivity index (χ2n) is 16.8. The highest BCUT2D eigenvalue weighted by Gasteiger charge is 2.25. The van der Waals surface area contributed by atoms with Crippen LogP contribution < -0.4 is 10.2 Å². The van der Waals surface area contributed by atoms with E-state index in [1.807, 2.05) is 62.4 Å². The molecule has 0 unspecified atom stereocenters. The lowest BCUT2D eigenvalue weighted by Gasteiger charge is -2.33. The van der Waals surface area contributed by atoms with Gasteiger partial charge in [-0.15, -0.1) is 0 Å². The second-order valence-corrected chi connectivity index (χ2v) is 16.8. The maximum absolute atomic E-state index is 13.7. The number of rotatable bonds is 21. The summed E-state index contributed by atoms with van der Waals surface area (Å²) in [6, 6.07) is 14.0. The van der Waals surface area contributed by atoms with Crippen molar-refractivity contribution in [3.8, 4) is 11.4 Å². The summed E-state index contributed by atoms with van der Waals surface area (Å²) in [5, 5.41) is 5.18. The van der Waals surface area contributed by atoms with Crippen molar-refractivity contribution >= 4 is 23.3 Å². The molecule has 0 bridgehead atoms. The van der Waals surface area contributed by atoms with Gasteiger partial charge in [-0.05, 0) is 110 Å². The third-order valence-electron chi connectivity index (χ3n) is 9.45. The van der Waals surface area contributed by atoms with E-state index >= 15 is 0 Å². The van der Waals surface area contributed by atoms with E-state index in [0.717, 1.165) is 67.0 Å². The Morgan fingerprint density at radius 2 is 1.47 bits per heavy atom. The van der Waals surface area contributed by atoms with E-state index in [9.17, 15) is 9.59 Å². The topological polar surface area (TPSA) is 134 Å². The van der Waals surface area contributed by atoms with E-state index < -0.39 is 5.60 Å². The molecule has 1 amide bonds. The number of esters is 1. The van der Waals surface area contributed by atoms with Gasteiger partial charge in [0.05, 0.1) is 76.2 Å². The molecule has 1 fully saturated rings. The third-order valence-corrected chi connectivity index (χ3v) is 9.45. The summed E-state index contributed by atoms with van der Waals surface area (Å²) in [6.45, 7) is 18.7. The van der Waals surface area contributed by atoms with Crippen LogP contribution >= 0.6 is 0 Å². The van der Waals surface area contributed by atoms with Crippen molar-refractivity contribution < 1.29 is 38.1 Å². The van der Waals surface area contributed by atoms with E-state index in [0.29, 0.717) is 76.5 Å². The summed E-state index contributed by atoms with van der Waals surface area (Å²) in [5.41, 5.74) is 5.61. The number of hydrogen-bond acceptors (Lipinski definition) is 12. The number of fused-ring (bicyclic) bond motifs is 1. The fraction of sp³-hybridized carbons (Fsp3) is 0.600. The van der Waals surface area contributed by atoms with Gasteiger partial charge in [0.2, 0.25) is 0 Å². The Morgan fingerprint density at radius 3 is 2.16 bits per heavy atom. The van der Waals surface area contributed by atoms with Crippen LogP contribution in [0.25, 0.3) is 11.4 Å². The molecule has 1 N–H and O–H groups in total. The van der Waals surface area contributed by atoms with Gasteiger partial charge >= 0.3 is 5.97 Å². The first-order valence-electron chi connectivity index (χ1n) is 20.9. The lowest BCUT2D eigenvalue weighted by Crippen LogP contribution is -2.38. The number of carbonyl (C=O) groups excluding carboxylic acids is 2. The quantitative estimate of drug-likeness (QED) is 0.0862. The van der Waals surface area contributed by atoms with Crippen molar-refractivity contribution in [3.63, 3.8) is 0 Å². The van der Waals surface area contributed by atoms with Crippen LogP contribution in [0, 0.1) is 0 Å². The maximum atomic E-state index is 13.7. The summed E-state index contributed by atoms with van der Waals surface area (Å²) in [7, 11) is 0. The fourth-order valence-electron chi connectivity index (χ4n) is 6.81. The highest BCUT2D eigenvalue weighted by Crippen LogP contribution is 2.33. The number of ether oxygens (including phenoxy) is 5. The average molecular weight is 804 g/mol. The van der Waals surface area contributed by atoms with Gasteiger partial charge in [-0.25, -0.2) is 9.97 Å². The van der Waals surface area contributed by atoms with Gasteiger partial charge in [-0.2, -0.15) is 5.06 Å². The lowest BCUT2D eigenvalue weighted by molar-refractivity contribution is -0.237. The second kappa shape index (κ2) is 22.4. The summed E-state index contributed by atoms with van der Waals surface area (Å²) in [6.07, 6.45) is 8.08. The molecule has 0 radical (unpaired) electrons. The molecule has 5 rings (SSSR count). The van der Waals surface area contributed by atoms with Crippen molar-refractivity contribution in [2.45, 2.75) is 104 Å². The van der Waals surface area contributed by atoms with E-state index in [2.05, 4.69) is 43.1 Å². The molecule has 1 aromatic heterocycles. The number of piperidine rings is 1. The molecule has 0 saturated carbocycles. The minimum absolute atomic E-state index is 0.176. The molecule has 0 aliphatic carbocycles. The number of nitrogens with zero attached hydrogens (tertiary/aromatic N) is 4. The molecule has 2 aliphatic heterocycles. The number of carbonyl (C=O) groups is 2. The monoisotopic (exact) mass is 803 g/mol. The maximum Gasteiger partial charge on any atom is 0.308 e. The van der Waals surface area contributed by atoms with Gasteiger partial charge < -0.3 is 33.9 Å². The Kier molecular flexibility index (Phi) is 17.4. The van der Waals surface area contributed by atoms with Crippen LogP contribution in [0.3, 0.4) is 0 Å². The summed E-state index contributed by atoms with van der Waals surface area (Å²) in [5.74, 6) is 0.168. The number of amides is 1. The van der Waals surface area contributed by atoms with Crippen LogP contribution in [-0.2, 0) is 52.7 Å². The van der Waals surface area contributed by atoms with E-state index in [1.165, 1.54) is 19.3 Å². The fourth-order valence-corrected chi connectivity index (χ4v) is 6.81. The van der Waals surface area contributed by atoms with Crippen LogP contribution in [0.4, 0.5) is 11.4 Å². The van der Waals surface area contributed by atoms with E-state index in [1.54, 1.807) is 0 Å². The average Bonchev–Trinajstić information content (AvgIpc) is 3.18. The summed E-state index contributed by atoms with van der Waals surface area (Å²) < 4.78 is 27.6. The van der Waals surface area contributed by atoms with Crippen molar-refractivity contribution in [2.75, 3.05) is 82.7 Å². The van der Waals surface area contributed by atoms with Crippen molar-refractivity contribution in [3.05, 3.63) is 71.0 Å². The smallest absolute Gasteiger partial charge is 0.308 e. The number of hydroxylamine groups is 2. The minimum Gasteiger partial charge on any atom is -0.460 e. The highest BCUT2D eigenvalue weighted by molar-refractivity contribution is 6.06. The number of nitrogens with one attached hydrogen (secondary N) is 1. The Bertz CT molecular complexity index is 1750. The molecule has 3 heterocycles. The van der Waals surface area contributed by atoms with Gasteiger partial charge in [0.15, 0.2) is 5.82 Å². The zero-order valence-electron chi connectivity index (χ0n) is 35.6. The first-order chi connectivity index (χ1) is 27.8.